The van der Waals surface area contributed by atoms with Crippen molar-refractivity contribution in [1.82, 2.24) is 9.80 Å². The first-order chi connectivity index (χ1) is 13.5. The van der Waals surface area contributed by atoms with E-state index in [1.165, 1.54) is 4.90 Å². The van der Waals surface area contributed by atoms with Gasteiger partial charge in [-0.1, -0.05) is 44.2 Å². The van der Waals surface area contributed by atoms with Gasteiger partial charge in [0.1, 0.15) is 13.2 Å². The molecular formula is C21H26N2O5. The average molecular weight is 386 g/mol. The van der Waals surface area contributed by atoms with Crippen molar-refractivity contribution in [3.63, 3.8) is 0 Å². The standard InChI is InChI=1S/C21H26N2O5/c1-13(2)18-12-28-21(26)23(18)19(24)16-10-15-8-9-17(16)22(15)20(25)27-11-14-6-4-3-5-7-14/h3-7,13,15-18H,8-12H2,1-2H3/t15-,16-,17+,18-/m1/s1. The van der Waals surface area contributed by atoms with Gasteiger partial charge in [-0.25, -0.2) is 14.5 Å². The first kappa shape index (κ1) is 18.8. The Morgan fingerprint density at radius 1 is 1.21 bits per heavy atom. The van der Waals surface area contributed by atoms with Crippen molar-refractivity contribution < 1.29 is 23.9 Å². The summed E-state index contributed by atoms with van der Waals surface area (Å²) in [5, 5.41) is 0. The van der Waals surface area contributed by atoms with Crippen LogP contribution in [-0.2, 0) is 20.9 Å². The largest absolute Gasteiger partial charge is 0.447 e. The Kier molecular flexibility index (Phi) is 5.00. The number of imide groups is 1. The van der Waals surface area contributed by atoms with Crippen molar-refractivity contribution in [3.8, 4) is 0 Å². The Labute approximate surface area is 164 Å². The molecule has 7 nitrogen and oxygen atoms in total. The molecule has 1 aromatic carbocycles. The summed E-state index contributed by atoms with van der Waals surface area (Å²) < 4.78 is 10.6. The SMILES string of the molecule is CC(C)[C@H]1COC(=O)N1C(=O)[C@@H]1C[C@H]2CC[C@@H]1N2C(=O)OCc1ccccc1. The van der Waals surface area contributed by atoms with E-state index in [2.05, 4.69) is 0 Å². The van der Waals surface area contributed by atoms with E-state index in [-0.39, 0.29) is 55.2 Å². The second-order valence-corrected chi connectivity index (χ2v) is 8.18. The molecule has 3 fully saturated rings. The van der Waals surface area contributed by atoms with Crippen molar-refractivity contribution in [3.05, 3.63) is 35.9 Å². The number of fused-ring (bicyclic) bond motifs is 2. The molecule has 4 rings (SSSR count). The van der Waals surface area contributed by atoms with E-state index < -0.39 is 6.09 Å². The van der Waals surface area contributed by atoms with Crippen LogP contribution < -0.4 is 0 Å². The summed E-state index contributed by atoms with van der Waals surface area (Å²) >= 11 is 0. The predicted octanol–water partition coefficient (Wildman–Crippen LogP) is 3.18. The molecule has 2 bridgehead atoms. The monoisotopic (exact) mass is 386 g/mol. The van der Waals surface area contributed by atoms with Gasteiger partial charge in [-0.15, -0.1) is 0 Å². The zero-order valence-corrected chi connectivity index (χ0v) is 16.2. The number of cyclic esters (lactones) is 1. The quantitative estimate of drug-likeness (QED) is 0.794. The molecular weight excluding hydrogens is 360 g/mol. The normalized spacial score (nSPS) is 28.8. The average Bonchev–Trinajstić information content (AvgIpc) is 3.38. The highest BCUT2D eigenvalue weighted by atomic mass is 16.6. The molecule has 1 aromatic rings. The van der Waals surface area contributed by atoms with E-state index in [1.54, 1.807) is 4.90 Å². The molecule has 0 spiro atoms. The summed E-state index contributed by atoms with van der Waals surface area (Å²) in [5.74, 6) is -0.454. The molecule has 3 aliphatic heterocycles. The van der Waals surface area contributed by atoms with Gasteiger partial charge >= 0.3 is 12.2 Å². The van der Waals surface area contributed by atoms with Crippen molar-refractivity contribution in [2.45, 2.75) is 57.8 Å². The summed E-state index contributed by atoms with van der Waals surface area (Å²) in [6, 6.07) is 9.08. The first-order valence-electron chi connectivity index (χ1n) is 9.96. The van der Waals surface area contributed by atoms with Crippen LogP contribution in [0, 0.1) is 11.8 Å². The van der Waals surface area contributed by atoms with Crippen LogP contribution >= 0.6 is 0 Å². The molecule has 28 heavy (non-hydrogen) atoms. The summed E-state index contributed by atoms with van der Waals surface area (Å²) in [5.41, 5.74) is 0.926. The molecule has 0 saturated carbocycles. The van der Waals surface area contributed by atoms with E-state index in [4.69, 9.17) is 9.47 Å². The van der Waals surface area contributed by atoms with Crippen LogP contribution in [-0.4, -0.2) is 52.6 Å². The molecule has 0 aliphatic carbocycles. The minimum atomic E-state index is -0.565. The number of nitrogens with zero attached hydrogens (tertiary/aromatic N) is 2. The summed E-state index contributed by atoms with van der Waals surface area (Å²) in [6.45, 7) is 4.40. The van der Waals surface area contributed by atoms with Crippen LogP contribution in [0.3, 0.4) is 0 Å². The maximum absolute atomic E-state index is 13.2. The van der Waals surface area contributed by atoms with Crippen LogP contribution in [0.25, 0.3) is 0 Å². The number of ether oxygens (including phenoxy) is 2. The van der Waals surface area contributed by atoms with Crippen LogP contribution in [0.15, 0.2) is 30.3 Å². The highest BCUT2D eigenvalue weighted by Crippen LogP contribution is 2.43. The van der Waals surface area contributed by atoms with Gasteiger partial charge in [-0.3, -0.25) is 4.79 Å². The molecule has 0 unspecified atom stereocenters. The Bertz CT molecular complexity index is 765. The third-order valence-corrected chi connectivity index (χ3v) is 6.18. The van der Waals surface area contributed by atoms with Gasteiger partial charge in [0.2, 0.25) is 5.91 Å². The molecule has 3 aliphatic rings. The van der Waals surface area contributed by atoms with Gasteiger partial charge in [0.15, 0.2) is 0 Å². The Hall–Kier alpha value is -2.57. The van der Waals surface area contributed by atoms with Gasteiger partial charge in [-0.2, -0.15) is 0 Å². The highest BCUT2D eigenvalue weighted by Gasteiger charge is 2.55. The van der Waals surface area contributed by atoms with E-state index in [9.17, 15) is 14.4 Å². The molecule has 150 valence electrons. The molecule has 4 atom stereocenters. The minimum absolute atomic E-state index is 0.00153. The lowest BCUT2D eigenvalue weighted by Crippen LogP contribution is -2.48. The molecule has 0 radical (unpaired) electrons. The first-order valence-corrected chi connectivity index (χ1v) is 9.96. The topological polar surface area (TPSA) is 76.2 Å². The summed E-state index contributed by atoms with van der Waals surface area (Å²) in [7, 11) is 0. The molecule has 3 amide bonds. The van der Waals surface area contributed by atoms with Crippen LogP contribution in [0.4, 0.5) is 9.59 Å². The Morgan fingerprint density at radius 2 is 1.96 bits per heavy atom. The number of amides is 3. The number of rotatable bonds is 4. The smallest absolute Gasteiger partial charge is 0.416 e. The maximum Gasteiger partial charge on any atom is 0.416 e. The fraction of sp³-hybridized carbons (Fsp3) is 0.571. The van der Waals surface area contributed by atoms with Gasteiger partial charge in [0.05, 0.1) is 12.0 Å². The van der Waals surface area contributed by atoms with Crippen molar-refractivity contribution >= 4 is 18.1 Å². The van der Waals surface area contributed by atoms with Crippen molar-refractivity contribution in [1.29, 1.82) is 0 Å². The lowest BCUT2D eigenvalue weighted by atomic mass is 9.87. The minimum Gasteiger partial charge on any atom is -0.447 e. The fourth-order valence-corrected chi connectivity index (χ4v) is 4.69. The lowest BCUT2D eigenvalue weighted by Gasteiger charge is -2.28. The Morgan fingerprint density at radius 3 is 2.68 bits per heavy atom. The number of benzene rings is 1. The second kappa shape index (κ2) is 7.45. The number of carbonyl (C=O) groups is 3. The summed E-state index contributed by atoms with van der Waals surface area (Å²) in [6.07, 6.45) is 1.27. The maximum atomic E-state index is 13.2. The molecule has 3 saturated heterocycles. The number of hydrogen-bond acceptors (Lipinski definition) is 5. The number of carbonyl (C=O) groups excluding carboxylic acids is 3. The van der Waals surface area contributed by atoms with Crippen LogP contribution in [0.1, 0.15) is 38.7 Å². The molecule has 7 heteroatoms. The second-order valence-electron chi connectivity index (χ2n) is 8.18. The Balaban J connectivity index is 1.43. The predicted molar refractivity (Wildman–Crippen MR) is 100 cm³/mol. The van der Waals surface area contributed by atoms with Gasteiger partial charge in [0.25, 0.3) is 0 Å². The van der Waals surface area contributed by atoms with Crippen LogP contribution in [0.5, 0.6) is 0 Å². The van der Waals surface area contributed by atoms with Gasteiger partial charge in [-0.05, 0) is 30.7 Å². The number of hydrogen-bond donors (Lipinski definition) is 0. The van der Waals surface area contributed by atoms with E-state index >= 15 is 0 Å². The van der Waals surface area contributed by atoms with E-state index in [0.29, 0.717) is 6.42 Å². The highest BCUT2D eigenvalue weighted by molar-refractivity contribution is 5.95. The third kappa shape index (κ3) is 3.23. The zero-order valence-electron chi connectivity index (χ0n) is 16.2. The van der Waals surface area contributed by atoms with Gasteiger partial charge < -0.3 is 14.4 Å². The summed E-state index contributed by atoms with van der Waals surface area (Å²) in [4.78, 5) is 41.0. The van der Waals surface area contributed by atoms with E-state index in [0.717, 1.165) is 18.4 Å². The van der Waals surface area contributed by atoms with Crippen LogP contribution in [0.2, 0.25) is 0 Å². The van der Waals surface area contributed by atoms with E-state index in [1.807, 2.05) is 44.2 Å². The molecule has 3 heterocycles. The fourth-order valence-electron chi connectivity index (χ4n) is 4.69. The molecule has 0 aromatic heterocycles. The van der Waals surface area contributed by atoms with Crippen molar-refractivity contribution in [2.75, 3.05) is 6.61 Å². The lowest BCUT2D eigenvalue weighted by molar-refractivity contribution is -0.134. The van der Waals surface area contributed by atoms with Crippen molar-refractivity contribution in [2.24, 2.45) is 11.8 Å². The zero-order chi connectivity index (χ0) is 19.8. The molecule has 0 N–H and O–H groups in total. The van der Waals surface area contributed by atoms with Gasteiger partial charge in [0, 0.05) is 12.1 Å². The third-order valence-electron chi connectivity index (χ3n) is 6.18.